The van der Waals surface area contributed by atoms with Gasteiger partial charge in [0, 0.05) is 25.0 Å². The highest BCUT2D eigenvalue weighted by Crippen LogP contribution is 2.28. The molecular weight excluding hydrogens is 248 g/mol. The lowest BCUT2D eigenvalue weighted by Gasteiger charge is -2.35. The van der Waals surface area contributed by atoms with Crippen LogP contribution < -0.4 is 0 Å². The minimum absolute atomic E-state index is 0.190. The van der Waals surface area contributed by atoms with Crippen molar-refractivity contribution in [1.29, 1.82) is 0 Å². The van der Waals surface area contributed by atoms with Crippen LogP contribution in [0.1, 0.15) is 11.3 Å². The first-order chi connectivity index (χ1) is 8.65. The van der Waals surface area contributed by atoms with Gasteiger partial charge < -0.3 is 5.11 Å². The molecule has 2 aromatic rings. The molecular formula is C14H15ClN2O. The van der Waals surface area contributed by atoms with E-state index in [1.807, 2.05) is 31.2 Å². The van der Waals surface area contributed by atoms with Crippen LogP contribution in [0.15, 0.2) is 24.3 Å². The molecule has 0 amide bonds. The Morgan fingerprint density at radius 2 is 2.11 bits per heavy atom. The van der Waals surface area contributed by atoms with Crippen molar-refractivity contribution in [2.75, 3.05) is 13.1 Å². The molecule has 0 radical (unpaired) electrons. The number of rotatable bonds is 2. The molecule has 1 saturated heterocycles. The zero-order valence-corrected chi connectivity index (χ0v) is 11.0. The molecule has 1 N–H and O–H groups in total. The topological polar surface area (TPSA) is 36.4 Å². The number of para-hydroxylation sites is 1. The Morgan fingerprint density at radius 3 is 2.83 bits per heavy atom. The van der Waals surface area contributed by atoms with Crippen molar-refractivity contribution < 1.29 is 5.11 Å². The Labute approximate surface area is 111 Å². The van der Waals surface area contributed by atoms with Crippen LogP contribution in [0.5, 0.6) is 0 Å². The van der Waals surface area contributed by atoms with Crippen molar-refractivity contribution in [3.05, 3.63) is 40.5 Å². The molecule has 0 saturated carbocycles. The van der Waals surface area contributed by atoms with Crippen LogP contribution in [0.3, 0.4) is 0 Å². The molecule has 4 heteroatoms. The van der Waals surface area contributed by atoms with Gasteiger partial charge in [-0.1, -0.05) is 29.8 Å². The highest BCUT2D eigenvalue weighted by molar-refractivity contribution is 6.32. The van der Waals surface area contributed by atoms with Crippen molar-refractivity contribution in [3.63, 3.8) is 0 Å². The molecule has 0 spiro atoms. The van der Waals surface area contributed by atoms with Gasteiger partial charge in [0.05, 0.1) is 22.3 Å². The Morgan fingerprint density at radius 1 is 1.39 bits per heavy atom. The van der Waals surface area contributed by atoms with Crippen molar-refractivity contribution in [2.24, 2.45) is 0 Å². The summed E-state index contributed by atoms with van der Waals surface area (Å²) < 4.78 is 0. The molecule has 1 aromatic carbocycles. The summed E-state index contributed by atoms with van der Waals surface area (Å²) in [4.78, 5) is 6.77. The summed E-state index contributed by atoms with van der Waals surface area (Å²) in [6.45, 7) is 4.16. The third-order valence-corrected chi connectivity index (χ3v) is 3.96. The number of fused-ring (bicyclic) bond motifs is 1. The first kappa shape index (κ1) is 11.9. The van der Waals surface area contributed by atoms with Crippen LogP contribution in [0.2, 0.25) is 5.02 Å². The minimum Gasteiger partial charge on any atom is -0.390 e. The van der Waals surface area contributed by atoms with Gasteiger partial charge in [0.25, 0.3) is 0 Å². The third kappa shape index (κ3) is 1.99. The maximum Gasteiger partial charge on any atom is 0.0794 e. The van der Waals surface area contributed by atoms with Gasteiger partial charge in [-0.2, -0.15) is 0 Å². The maximum absolute atomic E-state index is 9.30. The van der Waals surface area contributed by atoms with Gasteiger partial charge in [-0.3, -0.25) is 4.90 Å². The second-order valence-corrected chi connectivity index (χ2v) is 5.24. The number of aromatic nitrogens is 1. The van der Waals surface area contributed by atoms with E-state index in [1.54, 1.807) is 0 Å². The fourth-order valence-corrected chi connectivity index (χ4v) is 2.61. The van der Waals surface area contributed by atoms with Crippen LogP contribution in [-0.2, 0) is 6.54 Å². The Kier molecular flexibility index (Phi) is 2.98. The molecule has 1 aliphatic rings. The zero-order chi connectivity index (χ0) is 12.7. The van der Waals surface area contributed by atoms with Gasteiger partial charge >= 0.3 is 0 Å². The summed E-state index contributed by atoms with van der Waals surface area (Å²) >= 11 is 6.38. The number of aliphatic hydroxyl groups is 1. The number of aliphatic hydroxyl groups excluding tert-OH is 1. The largest absolute Gasteiger partial charge is 0.390 e. The highest BCUT2D eigenvalue weighted by Gasteiger charge is 2.25. The van der Waals surface area contributed by atoms with Crippen molar-refractivity contribution in [3.8, 4) is 0 Å². The first-order valence-corrected chi connectivity index (χ1v) is 6.47. The Balaban J connectivity index is 1.99. The zero-order valence-electron chi connectivity index (χ0n) is 10.2. The van der Waals surface area contributed by atoms with Gasteiger partial charge in [0.2, 0.25) is 0 Å². The fourth-order valence-electron chi connectivity index (χ4n) is 2.41. The van der Waals surface area contributed by atoms with E-state index in [0.29, 0.717) is 19.6 Å². The summed E-state index contributed by atoms with van der Waals surface area (Å²) in [6, 6.07) is 8.03. The number of aryl methyl sites for hydroxylation is 1. The number of halogens is 1. The predicted octanol–water partition coefficient (Wildman–Crippen LogP) is 2.37. The molecule has 2 heterocycles. The van der Waals surface area contributed by atoms with E-state index in [2.05, 4.69) is 9.88 Å². The monoisotopic (exact) mass is 262 g/mol. The molecule has 0 atom stereocenters. The number of nitrogens with zero attached hydrogens (tertiary/aromatic N) is 2. The number of hydrogen-bond acceptors (Lipinski definition) is 3. The van der Waals surface area contributed by atoms with E-state index in [9.17, 15) is 5.11 Å². The van der Waals surface area contributed by atoms with E-state index in [4.69, 9.17) is 11.6 Å². The molecule has 1 aliphatic heterocycles. The molecule has 94 valence electrons. The first-order valence-electron chi connectivity index (χ1n) is 6.09. The summed E-state index contributed by atoms with van der Waals surface area (Å²) in [6.07, 6.45) is -0.190. The van der Waals surface area contributed by atoms with E-state index in [1.165, 1.54) is 0 Å². The molecule has 3 rings (SSSR count). The van der Waals surface area contributed by atoms with Gasteiger partial charge in [-0.15, -0.1) is 0 Å². The van der Waals surface area contributed by atoms with E-state index in [0.717, 1.165) is 27.2 Å². The average molecular weight is 263 g/mol. The molecule has 0 unspecified atom stereocenters. The molecule has 1 aromatic heterocycles. The Bertz CT molecular complexity index is 594. The third-order valence-electron chi connectivity index (χ3n) is 3.46. The minimum atomic E-state index is -0.190. The van der Waals surface area contributed by atoms with Gasteiger partial charge in [-0.05, 0) is 18.6 Å². The standard InChI is InChI=1S/C14H15ClN2O/c1-9-11-4-2-3-5-12(11)16-13(14(9)15)8-17-6-10(18)7-17/h2-5,10,18H,6-8H2,1H3. The molecule has 18 heavy (non-hydrogen) atoms. The lowest BCUT2D eigenvalue weighted by molar-refractivity contribution is -0.00348. The molecule has 1 fully saturated rings. The summed E-state index contributed by atoms with van der Waals surface area (Å²) in [5.41, 5.74) is 2.97. The van der Waals surface area contributed by atoms with Crippen molar-refractivity contribution >= 4 is 22.5 Å². The average Bonchev–Trinajstić information content (AvgIpc) is 2.33. The molecule has 0 bridgehead atoms. The molecule has 3 nitrogen and oxygen atoms in total. The second-order valence-electron chi connectivity index (χ2n) is 4.86. The number of benzene rings is 1. The normalized spacial score (nSPS) is 17.1. The van der Waals surface area contributed by atoms with Gasteiger partial charge in [0.1, 0.15) is 0 Å². The van der Waals surface area contributed by atoms with Crippen molar-refractivity contribution in [1.82, 2.24) is 9.88 Å². The SMILES string of the molecule is Cc1c(Cl)c(CN2CC(O)C2)nc2ccccc12. The number of hydrogen-bond donors (Lipinski definition) is 1. The second kappa shape index (κ2) is 4.50. The van der Waals surface area contributed by atoms with Crippen LogP contribution in [0.25, 0.3) is 10.9 Å². The lowest BCUT2D eigenvalue weighted by Crippen LogP contribution is -2.50. The summed E-state index contributed by atoms with van der Waals surface area (Å²) in [5, 5.41) is 11.1. The maximum atomic E-state index is 9.30. The van der Waals surface area contributed by atoms with Gasteiger partial charge in [-0.25, -0.2) is 4.98 Å². The summed E-state index contributed by atoms with van der Waals surface area (Å²) in [5.74, 6) is 0. The number of β-amino-alcohol motifs (C(OH)–C–C–N with tert-alkyl or cyclic N) is 1. The smallest absolute Gasteiger partial charge is 0.0794 e. The van der Waals surface area contributed by atoms with Crippen LogP contribution >= 0.6 is 11.6 Å². The number of pyridine rings is 1. The van der Waals surface area contributed by atoms with E-state index >= 15 is 0 Å². The summed E-state index contributed by atoms with van der Waals surface area (Å²) in [7, 11) is 0. The van der Waals surface area contributed by atoms with Crippen LogP contribution in [0, 0.1) is 6.92 Å². The lowest BCUT2D eigenvalue weighted by atomic mass is 10.1. The van der Waals surface area contributed by atoms with Crippen LogP contribution in [-0.4, -0.2) is 34.2 Å². The quantitative estimate of drug-likeness (QED) is 0.903. The van der Waals surface area contributed by atoms with E-state index < -0.39 is 0 Å². The van der Waals surface area contributed by atoms with Crippen LogP contribution in [0.4, 0.5) is 0 Å². The Hall–Kier alpha value is -1.16. The van der Waals surface area contributed by atoms with Crippen molar-refractivity contribution in [2.45, 2.75) is 19.6 Å². The fraction of sp³-hybridized carbons (Fsp3) is 0.357. The predicted molar refractivity (Wildman–Crippen MR) is 72.8 cm³/mol. The number of likely N-dealkylation sites (tertiary alicyclic amines) is 1. The van der Waals surface area contributed by atoms with Gasteiger partial charge in [0.15, 0.2) is 0 Å². The molecule has 0 aliphatic carbocycles. The van der Waals surface area contributed by atoms with E-state index in [-0.39, 0.29) is 6.10 Å². The highest BCUT2D eigenvalue weighted by atomic mass is 35.5.